The second kappa shape index (κ2) is 7.17. The molecular formula is C15H18BrNOS. The summed E-state index contributed by atoms with van der Waals surface area (Å²) >= 11 is 5.36. The van der Waals surface area contributed by atoms with E-state index in [9.17, 15) is 0 Å². The average Bonchev–Trinajstić information content (AvgIpc) is 2.92. The fraction of sp³-hybridized carbons (Fsp3) is 0.333. The Morgan fingerprint density at radius 3 is 2.79 bits per heavy atom. The first-order valence-electron chi connectivity index (χ1n) is 6.35. The second-order valence-corrected chi connectivity index (χ2v) is 6.48. The van der Waals surface area contributed by atoms with Crippen molar-refractivity contribution in [2.45, 2.75) is 30.4 Å². The topological polar surface area (TPSA) is 39.2 Å². The maximum atomic E-state index is 6.27. The molecule has 2 nitrogen and oxygen atoms in total. The van der Waals surface area contributed by atoms with Crippen LogP contribution in [0.15, 0.2) is 51.6 Å². The Kier molecular flexibility index (Phi) is 5.55. The minimum Gasteiger partial charge on any atom is -0.468 e. The molecule has 0 spiro atoms. The standard InChI is InChI=1S/C15H18BrNOS/c1-2-14(17)15(11-5-3-6-12(16)9-11)19-10-13-7-4-8-18-13/h3-9,14-15H,2,10,17H2,1H3. The van der Waals surface area contributed by atoms with Crippen molar-refractivity contribution >= 4 is 27.7 Å². The number of hydrogen-bond acceptors (Lipinski definition) is 3. The summed E-state index contributed by atoms with van der Waals surface area (Å²) in [5.41, 5.74) is 7.54. The summed E-state index contributed by atoms with van der Waals surface area (Å²) in [5.74, 6) is 1.84. The second-order valence-electron chi connectivity index (χ2n) is 4.44. The van der Waals surface area contributed by atoms with Gasteiger partial charge in [-0.15, -0.1) is 11.8 Å². The van der Waals surface area contributed by atoms with Crippen LogP contribution < -0.4 is 5.73 Å². The van der Waals surface area contributed by atoms with Gasteiger partial charge >= 0.3 is 0 Å². The van der Waals surface area contributed by atoms with Crippen molar-refractivity contribution in [3.63, 3.8) is 0 Å². The maximum Gasteiger partial charge on any atom is 0.113 e. The predicted octanol–water partition coefficient (Wildman–Crippen LogP) is 4.75. The lowest BCUT2D eigenvalue weighted by Crippen LogP contribution is -2.25. The van der Waals surface area contributed by atoms with Crippen LogP contribution in [0.25, 0.3) is 0 Å². The number of halogens is 1. The van der Waals surface area contributed by atoms with Crippen molar-refractivity contribution in [2.24, 2.45) is 5.73 Å². The quantitative estimate of drug-likeness (QED) is 0.824. The van der Waals surface area contributed by atoms with E-state index in [1.165, 1.54) is 5.56 Å². The summed E-state index contributed by atoms with van der Waals surface area (Å²) in [6.07, 6.45) is 2.67. The summed E-state index contributed by atoms with van der Waals surface area (Å²) in [4.78, 5) is 0. The van der Waals surface area contributed by atoms with Gasteiger partial charge in [-0.2, -0.15) is 0 Å². The lowest BCUT2D eigenvalue weighted by molar-refractivity contribution is 0.529. The van der Waals surface area contributed by atoms with Gasteiger partial charge in [-0.3, -0.25) is 0 Å². The summed E-state index contributed by atoms with van der Waals surface area (Å²) < 4.78 is 6.48. The highest BCUT2D eigenvalue weighted by molar-refractivity contribution is 9.10. The number of nitrogens with two attached hydrogens (primary N) is 1. The third kappa shape index (κ3) is 4.13. The van der Waals surface area contributed by atoms with Crippen LogP contribution in [0.3, 0.4) is 0 Å². The summed E-state index contributed by atoms with van der Waals surface area (Å²) in [6, 6.07) is 12.5. The van der Waals surface area contributed by atoms with Gasteiger partial charge in [-0.1, -0.05) is 35.0 Å². The predicted molar refractivity (Wildman–Crippen MR) is 85.2 cm³/mol. The van der Waals surface area contributed by atoms with E-state index in [2.05, 4.69) is 41.1 Å². The average molecular weight is 340 g/mol. The summed E-state index contributed by atoms with van der Waals surface area (Å²) in [6.45, 7) is 2.13. The molecule has 1 aromatic heterocycles. The number of hydrogen-bond donors (Lipinski definition) is 1. The van der Waals surface area contributed by atoms with Gasteiger partial charge in [0, 0.05) is 15.8 Å². The Balaban J connectivity index is 2.11. The minimum absolute atomic E-state index is 0.147. The molecule has 1 aromatic carbocycles. The van der Waals surface area contributed by atoms with Crippen molar-refractivity contribution in [2.75, 3.05) is 0 Å². The zero-order valence-corrected chi connectivity index (χ0v) is 13.3. The number of thioether (sulfide) groups is 1. The normalized spacial score (nSPS) is 14.3. The monoisotopic (exact) mass is 339 g/mol. The van der Waals surface area contributed by atoms with Gasteiger partial charge in [-0.05, 0) is 36.2 Å². The lowest BCUT2D eigenvalue weighted by Gasteiger charge is -2.22. The molecule has 2 atom stereocenters. The molecule has 2 unspecified atom stereocenters. The van der Waals surface area contributed by atoms with Crippen molar-refractivity contribution in [3.05, 3.63) is 58.5 Å². The number of benzene rings is 1. The van der Waals surface area contributed by atoms with Crippen LogP contribution in [0, 0.1) is 0 Å². The maximum absolute atomic E-state index is 6.27. The number of furan rings is 1. The van der Waals surface area contributed by atoms with E-state index in [-0.39, 0.29) is 11.3 Å². The molecular weight excluding hydrogens is 322 g/mol. The Morgan fingerprint density at radius 1 is 1.32 bits per heavy atom. The first-order chi connectivity index (χ1) is 9.20. The third-order valence-electron chi connectivity index (χ3n) is 3.02. The molecule has 0 saturated carbocycles. The first-order valence-corrected chi connectivity index (χ1v) is 8.20. The molecule has 0 bridgehead atoms. The van der Waals surface area contributed by atoms with E-state index in [1.807, 2.05) is 30.0 Å². The van der Waals surface area contributed by atoms with Crippen LogP contribution in [0.1, 0.15) is 29.9 Å². The van der Waals surface area contributed by atoms with Crippen LogP contribution in [0.2, 0.25) is 0 Å². The highest BCUT2D eigenvalue weighted by atomic mass is 79.9. The molecule has 0 saturated heterocycles. The Bertz CT molecular complexity index is 501. The van der Waals surface area contributed by atoms with Crippen molar-refractivity contribution in [1.82, 2.24) is 0 Å². The molecule has 102 valence electrons. The lowest BCUT2D eigenvalue weighted by atomic mass is 10.0. The Morgan fingerprint density at radius 2 is 2.16 bits per heavy atom. The fourth-order valence-electron chi connectivity index (χ4n) is 1.93. The van der Waals surface area contributed by atoms with E-state index in [4.69, 9.17) is 10.2 Å². The van der Waals surface area contributed by atoms with Crippen molar-refractivity contribution in [3.8, 4) is 0 Å². The van der Waals surface area contributed by atoms with Crippen LogP contribution in [-0.4, -0.2) is 6.04 Å². The van der Waals surface area contributed by atoms with Crippen LogP contribution in [0.4, 0.5) is 0 Å². The first kappa shape index (κ1) is 14.7. The van der Waals surface area contributed by atoms with Gasteiger partial charge in [0.1, 0.15) is 5.76 Å². The Labute approximate surface area is 126 Å². The molecule has 2 rings (SSSR count). The third-order valence-corrected chi connectivity index (χ3v) is 4.95. The largest absolute Gasteiger partial charge is 0.468 e. The smallest absolute Gasteiger partial charge is 0.113 e. The number of rotatable bonds is 6. The molecule has 4 heteroatoms. The van der Waals surface area contributed by atoms with Gasteiger partial charge in [0.05, 0.1) is 12.0 Å². The minimum atomic E-state index is 0.147. The van der Waals surface area contributed by atoms with Gasteiger partial charge in [0.2, 0.25) is 0 Å². The van der Waals surface area contributed by atoms with Crippen molar-refractivity contribution < 1.29 is 4.42 Å². The fourth-order valence-corrected chi connectivity index (χ4v) is 3.64. The molecule has 2 aromatic rings. The van der Waals surface area contributed by atoms with Gasteiger partial charge < -0.3 is 10.2 Å². The zero-order valence-electron chi connectivity index (χ0n) is 10.9. The Hall–Kier alpha value is -0.710. The molecule has 0 aliphatic heterocycles. The van der Waals surface area contributed by atoms with Gasteiger partial charge in [-0.25, -0.2) is 0 Å². The molecule has 0 fully saturated rings. The highest BCUT2D eigenvalue weighted by Crippen LogP contribution is 2.35. The van der Waals surface area contributed by atoms with Gasteiger partial charge in [0.25, 0.3) is 0 Å². The summed E-state index contributed by atoms with van der Waals surface area (Å²) in [5, 5.41) is 0.285. The highest BCUT2D eigenvalue weighted by Gasteiger charge is 2.19. The van der Waals surface area contributed by atoms with Crippen LogP contribution in [-0.2, 0) is 5.75 Å². The van der Waals surface area contributed by atoms with Crippen LogP contribution >= 0.6 is 27.7 Å². The molecule has 2 N–H and O–H groups in total. The molecule has 1 heterocycles. The van der Waals surface area contributed by atoms with E-state index >= 15 is 0 Å². The SMILES string of the molecule is CCC(N)C(SCc1ccco1)c1cccc(Br)c1. The molecule has 0 aliphatic carbocycles. The zero-order chi connectivity index (χ0) is 13.7. The van der Waals surface area contributed by atoms with Crippen molar-refractivity contribution in [1.29, 1.82) is 0 Å². The van der Waals surface area contributed by atoms with Crippen LogP contribution in [0.5, 0.6) is 0 Å². The molecule has 0 amide bonds. The molecule has 0 radical (unpaired) electrons. The van der Waals surface area contributed by atoms with E-state index in [0.717, 1.165) is 22.4 Å². The summed E-state index contributed by atoms with van der Waals surface area (Å²) in [7, 11) is 0. The van der Waals surface area contributed by atoms with E-state index in [0.29, 0.717) is 0 Å². The van der Waals surface area contributed by atoms with E-state index in [1.54, 1.807) is 6.26 Å². The van der Waals surface area contributed by atoms with Gasteiger partial charge in [0.15, 0.2) is 0 Å². The molecule has 19 heavy (non-hydrogen) atoms. The molecule has 0 aliphatic rings. The van der Waals surface area contributed by atoms with E-state index < -0.39 is 0 Å².